The fraction of sp³-hybridized carbons (Fsp3) is 0.500. The van der Waals surface area contributed by atoms with E-state index in [0.717, 1.165) is 29.9 Å². The van der Waals surface area contributed by atoms with E-state index < -0.39 is 10.0 Å². The van der Waals surface area contributed by atoms with Crippen LogP contribution in [-0.2, 0) is 23.0 Å². The summed E-state index contributed by atoms with van der Waals surface area (Å²) in [5.41, 5.74) is 2.93. The Labute approximate surface area is 119 Å². The van der Waals surface area contributed by atoms with Gasteiger partial charge in [-0.25, -0.2) is 13.4 Å². The summed E-state index contributed by atoms with van der Waals surface area (Å²) in [7, 11) is -3.14. The number of pyridine rings is 1. The molecule has 0 radical (unpaired) electrons. The Kier molecular flexibility index (Phi) is 3.52. The molecule has 0 aromatic carbocycles. The van der Waals surface area contributed by atoms with Crippen LogP contribution in [0.3, 0.4) is 0 Å². The second-order valence-corrected chi connectivity index (χ2v) is 7.28. The van der Waals surface area contributed by atoms with Crippen molar-refractivity contribution in [2.24, 2.45) is 0 Å². The third kappa shape index (κ3) is 2.33. The number of hydrogen-bond acceptors (Lipinski definition) is 3. The molecule has 2 aromatic rings. The van der Waals surface area contributed by atoms with E-state index >= 15 is 0 Å². The largest absolute Gasteiger partial charge is 0.302 e. The predicted molar refractivity (Wildman–Crippen MR) is 78.0 cm³/mol. The maximum absolute atomic E-state index is 12.3. The normalized spacial score (nSPS) is 16.4. The monoisotopic (exact) mass is 293 g/mol. The first-order valence-electron chi connectivity index (χ1n) is 7.04. The van der Waals surface area contributed by atoms with Gasteiger partial charge in [0.25, 0.3) is 0 Å². The molecule has 0 saturated heterocycles. The van der Waals surface area contributed by atoms with E-state index in [1.807, 2.05) is 35.7 Å². The Hall–Kier alpha value is -1.40. The number of rotatable bonds is 4. The van der Waals surface area contributed by atoms with Gasteiger partial charge in [-0.3, -0.25) is 0 Å². The van der Waals surface area contributed by atoms with Gasteiger partial charge in [0.1, 0.15) is 5.65 Å². The van der Waals surface area contributed by atoms with Crippen LogP contribution in [0.1, 0.15) is 31.2 Å². The SMILES string of the molecule is CCCCS(=O)(=O)N1CCc2nc3ccccn3c2C1. The molecule has 3 heterocycles. The van der Waals surface area contributed by atoms with Crippen molar-refractivity contribution in [2.45, 2.75) is 32.7 Å². The van der Waals surface area contributed by atoms with Crippen molar-refractivity contribution in [1.29, 1.82) is 0 Å². The Morgan fingerprint density at radius 2 is 2.20 bits per heavy atom. The molecule has 20 heavy (non-hydrogen) atoms. The van der Waals surface area contributed by atoms with Gasteiger partial charge in [0.15, 0.2) is 0 Å². The molecule has 2 aromatic heterocycles. The highest BCUT2D eigenvalue weighted by molar-refractivity contribution is 7.89. The van der Waals surface area contributed by atoms with Crippen LogP contribution in [0.5, 0.6) is 0 Å². The van der Waals surface area contributed by atoms with Crippen molar-refractivity contribution < 1.29 is 8.42 Å². The van der Waals surface area contributed by atoms with E-state index in [2.05, 4.69) is 4.98 Å². The summed E-state index contributed by atoms with van der Waals surface area (Å²) in [6.45, 7) is 2.99. The maximum Gasteiger partial charge on any atom is 0.214 e. The molecule has 0 saturated carbocycles. The predicted octanol–water partition coefficient (Wildman–Crippen LogP) is 1.82. The van der Waals surface area contributed by atoms with Crippen molar-refractivity contribution in [2.75, 3.05) is 12.3 Å². The fourth-order valence-electron chi connectivity index (χ4n) is 2.63. The van der Waals surface area contributed by atoms with Crippen LogP contribution in [0.4, 0.5) is 0 Å². The lowest BCUT2D eigenvalue weighted by molar-refractivity contribution is 0.383. The fourth-order valence-corrected chi connectivity index (χ4v) is 4.23. The van der Waals surface area contributed by atoms with Crippen molar-refractivity contribution in [3.63, 3.8) is 0 Å². The van der Waals surface area contributed by atoms with Gasteiger partial charge in [-0.05, 0) is 18.6 Å². The van der Waals surface area contributed by atoms with Crippen LogP contribution in [0.25, 0.3) is 5.65 Å². The van der Waals surface area contributed by atoms with Gasteiger partial charge in [0.05, 0.1) is 23.7 Å². The molecule has 0 amide bonds. The summed E-state index contributed by atoms with van der Waals surface area (Å²) < 4.78 is 28.2. The highest BCUT2D eigenvalue weighted by Crippen LogP contribution is 2.22. The number of aromatic nitrogens is 2. The molecule has 0 spiro atoms. The molecular formula is C14H19N3O2S. The van der Waals surface area contributed by atoms with Gasteiger partial charge >= 0.3 is 0 Å². The van der Waals surface area contributed by atoms with Gasteiger partial charge in [0.2, 0.25) is 10.0 Å². The third-order valence-electron chi connectivity index (χ3n) is 3.79. The zero-order valence-electron chi connectivity index (χ0n) is 11.6. The first kappa shape index (κ1) is 13.6. The van der Waals surface area contributed by atoms with E-state index in [0.29, 0.717) is 19.5 Å². The lowest BCUT2D eigenvalue weighted by atomic mass is 10.2. The lowest BCUT2D eigenvalue weighted by Gasteiger charge is -2.25. The van der Waals surface area contributed by atoms with E-state index in [1.165, 1.54) is 0 Å². The summed E-state index contributed by atoms with van der Waals surface area (Å²) in [5, 5.41) is 0. The molecule has 1 aliphatic rings. The standard InChI is InChI=1S/C14H19N3O2S/c1-2-3-10-20(18,19)16-9-7-12-13(11-16)17-8-5-4-6-14(17)15-12/h4-6,8H,2-3,7,9-11H2,1H3. The molecule has 0 unspecified atom stereocenters. The summed E-state index contributed by atoms with van der Waals surface area (Å²) in [4.78, 5) is 4.57. The highest BCUT2D eigenvalue weighted by atomic mass is 32.2. The Morgan fingerprint density at radius 1 is 1.35 bits per heavy atom. The van der Waals surface area contributed by atoms with E-state index in [-0.39, 0.29) is 5.75 Å². The molecule has 0 atom stereocenters. The Morgan fingerprint density at radius 3 is 3.00 bits per heavy atom. The summed E-state index contributed by atoms with van der Waals surface area (Å²) in [6.07, 6.45) is 4.26. The van der Waals surface area contributed by atoms with Crippen LogP contribution < -0.4 is 0 Å². The molecular weight excluding hydrogens is 274 g/mol. The van der Waals surface area contributed by atoms with Crippen molar-refractivity contribution in [3.8, 4) is 0 Å². The number of unbranched alkanes of at least 4 members (excludes halogenated alkanes) is 1. The number of nitrogens with zero attached hydrogens (tertiary/aromatic N) is 3. The van der Waals surface area contributed by atoms with Gasteiger partial charge in [0, 0.05) is 19.2 Å². The Balaban J connectivity index is 1.91. The minimum absolute atomic E-state index is 0.246. The van der Waals surface area contributed by atoms with E-state index in [4.69, 9.17) is 0 Å². The maximum atomic E-state index is 12.3. The molecule has 3 rings (SSSR count). The molecule has 108 valence electrons. The topological polar surface area (TPSA) is 54.7 Å². The molecule has 1 aliphatic heterocycles. The number of fused-ring (bicyclic) bond motifs is 3. The van der Waals surface area contributed by atoms with Gasteiger partial charge in [-0.1, -0.05) is 19.4 Å². The first-order chi connectivity index (χ1) is 9.62. The molecule has 0 N–H and O–H groups in total. The number of imidazole rings is 1. The quantitative estimate of drug-likeness (QED) is 0.864. The zero-order valence-corrected chi connectivity index (χ0v) is 12.4. The Bertz CT molecular complexity index is 721. The minimum atomic E-state index is -3.14. The average Bonchev–Trinajstić information content (AvgIpc) is 2.83. The van der Waals surface area contributed by atoms with Crippen molar-refractivity contribution in [1.82, 2.24) is 13.7 Å². The van der Waals surface area contributed by atoms with Crippen LogP contribution in [0, 0.1) is 0 Å². The average molecular weight is 293 g/mol. The highest BCUT2D eigenvalue weighted by Gasteiger charge is 2.28. The van der Waals surface area contributed by atoms with Gasteiger partial charge in [-0.2, -0.15) is 4.31 Å². The molecule has 0 bridgehead atoms. The molecule has 6 heteroatoms. The first-order valence-corrected chi connectivity index (χ1v) is 8.65. The zero-order chi connectivity index (χ0) is 14.2. The molecule has 0 fully saturated rings. The van der Waals surface area contributed by atoms with Crippen LogP contribution in [0.2, 0.25) is 0 Å². The van der Waals surface area contributed by atoms with Gasteiger partial charge in [-0.15, -0.1) is 0 Å². The molecule has 5 nitrogen and oxygen atoms in total. The van der Waals surface area contributed by atoms with Crippen molar-refractivity contribution in [3.05, 3.63) is 35.8 Å². The van der Waals surface area contributed by atoms with Crippen molar-refractivity contribution >= 4 is 15.7 Å². The summed E-state index contributed by atoms with van der Waals surface area (Å²) in [5.74, 6) is 0.246. The summed E-state index contributed by atoms with van der Waals surface area (Å²) in [6, 6.07) is 5.84. The van der Waals surface area contributed by atoms with Crippen LogP contribution >= 0.6 is 0 Å². The van der Waals surface area contributed by atoms with Crippen LogP contribution in [0.15, 0.2) is 24.4 Å². The van der Waals surface area contributed by atoms with Gasteiger partial charge < -0.3 is 4.40 Å². The smallest absolute Gasteiger partial charge is 0.214 e. The number of hydrogen-bond donors (Lipinski definition) is 0. The molecule has 0 aliphatic carbocycles. The van der Waals surface area contributed by atoms with Crippen LogP contribution in [-0.4, -0.2) is 34.4 Å². The lowest BCUT2D eigenvalue weighted by Crippen LogP contribution is -2.37. The second kappa shape index (κ2) is 5.18. The number of sulfonamides is 1. The minimum Gasteiger partial charge on any atom is -0.302 e. The summed E-state index contributed by atoms with van der Waals surface area (Å²) >= 11 is 0. The van der Waals surface area contributed by atoms with E-state index in [9.17, 15) is 8.42 Å². The third-order valence-corrected chi connectivity index (χ3v) is 5.69. The second-order valence-electron chi connectivity index (χ2n) is 5.19. The van der Waals surface area contributed by atoms with E-state index in [1.54, 1.807) is 4.31 Å².